The van der Waals surface area contributed by atoms with E-state index >= 15 is 0 Å². The van der Waals surface area contributed by atoms with Crippen LogP contribution >= 0.6 is 21.6 Å². The van der Waals surface area contributed by atoms with Crippen LogP contribution in [0.4, 0.5) is 0 Å². The maximum absolute atomic E-state index is 3.39. The molecular formula is C7H17NS2. The zero-order valence-corrected chi connectivity index (χ0v) is 8.65. The van der Waals surface area contributed by atoms with Crippen molar-refractivity contribution in [3.63, 3.8) is 0 Å². The standard InChI is InChI=1S/C7H17NS2/c1-7(2)6-8-4-5-10-9-3/h7-8H,4-6H2,1-3H3. The SMILES string of the molecule is CSSCCNCC(C)C. The van der Waals surface area contributed by atoms with Crippen molar-refractivity contribution in [3.8, 4) is 0 Å². The highest BCUT2D eigenvalue weighted by atomic mass is 33.1. The van der Waals surface area contributed by atoms with Gasteiger partial charge in [0.1, 0.15) is 0 Å². The van der Waals surface area contributed by atoms with Gasteiger partial charge in [-0.15, -0.1) is 0 Å². The number of hydrogen-bond acceptors (Lipinski definition) is 3. The quantitative estimate of drug-likeness (QED) is 0.496. The van der Waals surface area contributed by atoms with Gasteiger partial charge in [0.05, 0.1) is 0 Å². The van der Waals surface area contributed by atoms with Gasteiger partial charge in [-0.25, -0.2) is 0 Å². The van der Waals surface area contributed by atoms with Crippen LogP contribution in [-0.2, 0) is 0 Å². The van der Waals surface area contributed by atoms with E-state index in [0.717, 1.165) is 19.0 Å². The minimum absolute atomic E-state index is 0.777. The third-order valence-electron chi connectivity index (χ3n) is 1.03. The second kappa shape index (κ2) is 7.76. The average Bonchev–Trinajstić information content (AvgIpc) is 1.87. The molecule has 0 radical (unpaired) electrons. The zero-order chi connectivity index (χ0) is 7.82. The third kappa shape index (κ3) is 8.66. The summed E-state index contributed by atoms with van der Waals surface area (Å²) in [6.07, 6.45) is 2.12. The largest absolute Gasteiger partial charge is 0.316 e. The van der Waals surface area contributed by atoms with Crippen molar-refractivity contribution in [2.24, 2.45) is 5.92 Å². The molecule has 1 nitrogen and oxygen atoms in total. The van der Waals surface area contributed by atoms with Crippen LogP contribution in [0.15, 0.2) is 0 Å². The van der Waals surface area contributed by atoms with Crippen molar-refractivity contribution < 1.29 is 0 Å². The van der Waals surface area contributed by atoms with E-state index in [0.29, 0.717) is 0 Å². The van der Waals surface area contributed by atoms with Gasteiger partial charge in [0.2, 0.25) is 0 Å². The lowest BCUT2D eigenvalue weighted by molar-refractivity contribution is 0.568. The Morgan fingerprint density at radius 3 is 2.60 bits per heavy atom. The van der Waals surface area contributed by atoms with Crippen LogP contribution in [0.2, 0.25) is 0 Å². The van der Waals surface area contributed by atoms with Crippen LogP contribution in [-0.4, -0.2) is 25.1 Å². The lowest BCUT2D eigenvalue weighted by Gasteiger charge is -2.05. The van der Waals surface area contributed by atoms with E-state index in [1.807, 2.05) is 21.6 Å². The molecule has 0 aromatic heterocycles. The summed E-state index contributed by atoms with van der Waals surface area (Å²) >= 11 is 0. The fourth-order valence-electron chi connectivity index (χ4n) is 0.588. The second-order valence-corrected chi connectivity index (χ2v) is 5.27. The van der Waals surface area contributed by atoms with Gasteiger partial charge in [-0.3, -0.25) is 0 Å². The lowest BCUT2D eigenvalue weighted by Crippen LogP contribution is -2.21. The Balaban J connectivity index is 2.77. The summed E-state index contributed by atoms with van der Waals surface area (Å²) < 4.78 is 0. The second-order valence-electron chi connectivity index (χ2n) is 2.59. The first kappa shape index (κ1) is 10.7. The number of nitrogens with one attached hydrogen (secondary N) is 1. The zero-order valence-electron chi connectivity index (χ0n) is 7.02. The molecule has 0 rings (SSSR count). The summed E-state index contributed by atoms with van der Waals surface area (Å²) in [5.74, 6) is 1.99. The Hall–Kier alpha value is 0.660. The first-order valence-electron chi connectivity index (χ1n) is 3.63. The van der Waals surface area contributed by atoms with Crippen LogP contribution in [0.25, 0.3) is 0 Å². The van der Waals surface area contributed by atoms with E-state index in [4.69, 9.17) is 0 Å². The highest BCUT2D eigenvalue weighted by Gasteiger charge is 1.91. The molecule has 0 saturated heterocycles. The predicted octanol–water partition coefficient (Wildman–Crippen LogP) is 2.24. The first-order chi connectivity index (χ1) is 4.77. The van der Waals surface area contributed by atoms with E-state index < -0.39 is 0 Å². The predicted molar refractivity (Wildman–Crippen MR) is 53.7 cm³/mol. The Kier molecular flexibility index (Phi) is 8.28. The molecule has 3 heteroatoms. The Morgan fingerprint density at radius 1 is 1.40 bits per heavy atom. The highest BCUT2D eigenvalue weighted by Crippen LogP contribution is 2.14. The molecule has 0 atom stereocenters. The molecule has 0 bridgehead atoms. The average molecular weight is 179 g/mol. The molecule has 0 aliphatic rings. The molecule has 0 spiro atoms. The maximum atomic E-state index is 3.39. The van der Waals surface area contributed by atoms with Crippen molar-refractivity contribution in [3.05, 3.63) is 0 Å². The summed E-state index contributed by atoms with van der Waals surface area (Å²) in [5, 5.41) is 3.39. The molecule has 0 fully saturated rings. The van der Waals surface area contributed by atoms with Crippen LogP contribution < -0.4 is 5.32 Å². The van der Waals surface area contributed by atoms with E-state index in [1.54, 1.807) is 0 Å². The van der Waals surface area contributed by atoms with Gasteiger partial charge in [0, 0.05) is 12.3 Å². The molecule has 0 heterocycles. The summed E-state index contributed by atoms with van der Waals surface area (Å²) in [7, 11) is 3.75. The maximum Gasteiger partial charge on any atom is 0.0162 e. The summed E-state index contributed by atoms with van der Waals surface area (Å²) in [4.78, 5) is 0. The van der Waals surface area contributed by atoms with Gasteiger partial charge >= 0.3 is 0 Å². The topological polar surface area (TPSA) is 12.0 Å². The van der Waals surface area contributed by atoms with Crippen LogP contribution in [0.3, 0.4) is 0 Å². The van der Waals surface area contributed by atoms with E-state index in [-0.39, 0.29) is 0 Å². The van der Waals surface area contributed by atoms with Crippen molar-refractivity contribution in [1.29, 1.82) is 0 Å². The van der Waals surface area contributed by atoms with Gasteiger partial charge in [-0.1, -0.05) is 35.4 Å². The molecule has 10 heavy (non-hydrogen) atoms. The summed E-state index contributed by atoms with van der Waals surface area (Å²) in [6, 6.07) is 0. The highest BCUT2D eigenvalue weighted by molar-refractivity contribution is 8.76. The molecule has 0 aromatic carbocycles. The molecule has 1 N–H and O–H groups in total. The Bertz CT molecular complexity index is 66.6. The van der Waals surface area contributed by atoms with E-state index in [9.17, 15) is 0 Å². The fraction of sp³-hybridized carbons (Fsp3) is 1.00. The summed E-state index contributed by atoms with van der Waals surface area (Å²) in [6.45, 7) is 6.75. The van der Waals surface area contributed by atoms with Crippen molar-refractivity contribution in [1.82, 2.24) is 5.32 Å². The molecule has 0 amide bonds. The molecule has 0 aliphatic heterocycles. The smallest absolute Gasteiger partial charge is 0.0162 e. The van der Waals surface area contributed by atoms with Crippen LogP contribution in [0, 0.1) is 5.92 Å². The normalized spacial score (nSPS) is 10.8. The molecule has 62 valence electrons. The van der Waals surface area contributed by atoms with Crippen molar-refractivity contribution in [2.75, 3.05) is 25.1 Å². The molecule has 0 saturated carbocycles. The van der Waals surface area contributed by atoms with Gasteiger partial charge in [0.25, 0.3) is 0 Å². The van der Waals surface area contributed by atoms with Gasteiger partial charge in [-0.2, -0.15) is 0 Å². The van der Waals surface area contributed by atoms with Gasteiger partial charge in [-0.05, 0) is 18.7 Å². The molecule has 0 aliphatic carbocycles. The minimum Gasteiger partial charge on any atom is -0.316 e. The lowest BCUT2D eigenvalue weighted by atomic mass is 10.2. The molecular weight excluding hydrogens is 162 g/mol. The Morgan fingerprint density at radius 2 is 2.10 bits per heavy atom. The monoisotopic (exact) mass is 179 g/mol. The van der Waals surface area contributed by atoms with Gasteiger partial charge in [0.15, 0.2) is 0 Å². The Labute approximate surface area is 72.1 Å². The van der Waals surface area contributed by atoms with Crippen molar-refractivity contribution in [2.45, 2.75) is 13.8 Å². The van der Waals surface area contributed by atoms with Gasteiger partial charge < -0.3 is 5.32 Å². The molecule has 0 unspecified atom stereocenters. The van der Waals surface area contributed by atoms with Crippen LogP contribution in [0.1, 0.15) is 13.8 Å². The minimum atomic E-state index is 0.777. The third-order valence-corrected chi connectivity index (χ3v) is 2.85. The van der Waals surface area contributed by atoms with E-state index in [1.165, 1.54) is 5.75 Å². The van der Waals surface area contributed by atoms with Crippen molar-refractivity contribution >= 4 is 21.6 Å². The van der Waals surface area contributed by atoms with E-state index in [2.05, 4.69) is 25.4 Å². The van der Waals surface area contributed by atoms with Crippen LogP contribution in [0.5, 0.6) is 0 Å². The summed E-state index contributed by atoms with van der Waals surface area (Å²) in [5.41, 5.74) is 0. The molecule has 0 aromatic rings. The number of hydrogen-bond donors (Lipinski definition) is 1. The first-order valence-corrected chi connectivity index (χ1v) is 6.36. The number of rotatable bonds is 6. The fourth-order valence-corrected chi connectivity index (χ4v) is 1.73.